The van der Waals surface area contributed by atoms with Gasteiger partial charge in [-0.3, -0.25) is 4.79 Å². The monoisotopic (exact) mass is 328 g/mol. The molecule has 2 heteroatoms. The quantitative estimate of drug-likeness (QED) is 0.299. The van der Waals surface area contributed by atoms with Gasteiger partial charge in [0, 0.05) is 20.7 Å². The molecule has 0 heterocycles. The molecule has 0 bridgehead atoms. The molecular formula is C21H44O2. The van der Waals surface area contributed by atoms with Crippen LogP contribution in [0.4, 0.5) is 0 Å². The molecule has 23 heavy (non-hydrogen) atoms. The van der Waals surface area contributed by atoms with Gasteiger partial charge >= 0.3 is 0 Å². The molecule has 0 aliphatic rings. The molecule has 1 atom stereocenters. The molecule has 0 rings (SSSR count). The van der Waals surface area contributed by atoms with Gasteiger partial charge in [0.1, 0.15) is 11.6 Å². The van der Waals surface area contributed by atoms with E-state index in [0.717, 1.165) is 44.9 Å². The molecule has 0 saturated carbocycles. The zero-order valence-corrected chi connectivity index (χ0v) is 16.6. The maximum absolute atomic E-state index is 11.8. The largest absolute Gasteiger partial charge is 0.300 e. The first-order valence-corrected chi connectivity index (χ1v) is 10.1. The van der Waals surface area contributed by atoms with E-state index in [2.05, 4.69) is 13.8 Å². The zero-order chi connectivity index (χ0) is 17.9. The molecule has 0 aliphatic heterocycles. The van der Waals surface area contributed by atoms with Gasteiger partial charge in [-0.1, -0.05) is 72.6 Å². The highest BCUT2D eigenvalue weighted by Gasteiger charge is 2.07. The normalized spacial score (nSPS) is 11.5. The van der Waals surface area contributed by atoms with Crippen molar-refractivity contribution in [2.75, 3.05) is 0 Å². The first-order chi connectivity index (χ1) is 11.1. The number of carbonyl (C=O) groups excluding carboxylic acids is 2. The third-order valence-corrected chi connectivity index (χ3v) is 4.20. The van der Waals surface area contributed by atoms with E-state index in [1.54, 1.807) is 6.92 Å². The number of hydrogen-bond acceptors (Lipinski definition) is 2. The molecular weight excluding hydrogens is 284 g/mol. The van der Waals surface area contributed by atoms with Crippen molar-refractivity contribution in [1.29, 1.82) is 0 Å². The Morgan fingerprint density at radius 1 is 0.783 bits per heavy atom. The Balaban J connectivity index is -0.00000141. The van der Waals surface area contributed by atoms with E-state index in [4.69, 9.17) is 0 Å². The van der Waals surface area contributed by atoms with Crippen LogP contribution in [0.1, 0.15) is 120 Å². The molecule has 0 aromatic rings. The summed E-state index contributed by atoms with van der Waals surface area (Å²) < 4.78 is 0. The van der Waals surface area contributed by atoms with Crippen LogP contribution in [0.3, 0.4) is 0 Å². The van der Waals surface area contributed by atoms with Gasteiger partial charge in [0.15, 0.2) is 0 Å². The molecule has 0 aromatic carbocycles. The van der Waals surface area contributed by atoms with Crippen LogP contribution < -0.4 is 0 Å². The van der Waals surface area contributed by atoms with Crippen LogP contribution in [-0.4, -0.2) is 11.6 Å². The second-order valence-electron chi connectivity index (χ2n) is 6.65. The number of Topliss-reactive ketones (excluding diaryl/α,β-unsaturated/α-hetero) is 2. The molecule has 0 radical (unpaired) electrons. The minimum atomic E-state index is 0. The summed E-state index contributed by atoms with van der Waals surface area (Å²) in [6.45, 7) is 10.1. The fourth-order valence-corrected chi connectivity index (χ4v) is 2.65. The molecule has 0 amide bonds. The van der Waals surface area contributed by atoms with E-state index in [1.165, 1.54) is 38.5 Å². The second-order valence-corrected chi connectivity index (χ2v) is 6.65. The van der Waals surface area contributed by atoms with Crippen molar-refractivity contribution in [1.82, 2.24) is 0 Å². The number of rotatable bonds is 15. The minimum Gasteiger partial charge on any atom is -0.300 e. The summed E-state index contributed by atoms with van der Waals surface area (Å²) in [6, 6.07) is 0. The smallest absolute Gasteiger partial charge is 0.132 e. The van der Waals surface area contributed by atoms with Crippen molar-refractivity contribution >= 4 is 11.6 Å². The van der Waals surface area contributed by atoms with E-state index < -0.39 is 0 Å². The molecule has 0 fully saturated rings. The van der Waals surface area contributed by atoms with Crippen molar-refractivity contribution in [2.24, 2.45) is 5.92 Å². The van der Waals surface area contributed by atoms with E-state index in [9.17, 15) is 9.59 Å². The average Bonchev–Trinajstić information content (AvgIpc) is 2.54. The molecule has 2 nitrogen and oxygen atoms in total. The SMILES string of the molecule is CC.CCCCCCCC(=O)CCC(C)CCCCCC(C)=O.[HH]. The van der Waals surface area contributed by atoms with Gasteiger partial charge in [-0.15, -0.1) is 0 Å². The summed E-state index contributed by atoms with van der Waals surface area (Å²) in [5.74, 6) is 1.40. The Morgan fingerprint density at radius 2 is 1.35 bits per heavy atom. The number of carbonyl (C=O) groups is 2. The Hall–Kier alpha value is -0.660. The van der Waals surface area contributed by atoms with Crippen molar-refractivity contribution in [2.45, 2.75) is 118 Å². The Morgan fingerprint density at radius 3 is 1.96 bits per heavy atom. The van der Waals surface area contributed by atoms with Gasteiger partial charge in [0.25, 0.3) is 0 Å². The van der Waals surface area contributed by atoms with Crippen LogP contribution in [-0.2, 0) is 9.59 Å². The lowest BCUT2D eigenvalue weighted by Gasteiger charge is -2.10. The second kappa shape index (κ2) is 19.4. The maximum atomic E-state index is 11.8. The maximum Gasteiger partial charge on any atom is 0.132 e. The molecule has 0 saturated heterocycles. The van der Waals surface area contributed by atoms with Crippen molar-refractivity contribution in [3.63, 3.8) is 0 Å². The topological polar surface area (TPSA) is 34.1 Å². The van der Waals surface area contributed by atoms with Crippen LogP contribution in [0, 0.1) is 5.92 Å². The summed E-state index contributed by atoms with van der Waals surface area (Å²) in [6.07, 6.45) is 14.0. The molecule has 1 unspecified atom stereocenters. The lowest BCUT2D eigenvalue weighted by atomic mass is 9.95. The standard InChI is InChI=1S/C19H36O2.C2H6.H2/c1-4-5-6-7-11-14-19(21)16-15-17(2)12-9-8-10-13-18(3)20;1-2;/h17H,4-16H2,1-3H3;1-2H3;1H. The van der Waals surface area contributed by atoms with Gasteiger partial charge in [-0.05, 0) is 32.1 Å². The van der Waals surface area contributed by atoms with Gasteiger partial charge in [0.05, 0.1) is 0 Å². The average molecular weight is 329 g/mol. The number of unbranched alkanes of at least 4 members (excludes halogenated alkanes) is 6. The molecule has 0 N–H and O–H groups in total. The van der Waals surface area contributed by atoms with Crippen LogP contribution in [0.25, 0.3) is 0 Å². The summed E-state index contributed by atoms with van der Waals surface area (Å²) in [5.41, 5.74) is 0. The van der Waals surface area contributed by atoms with Crippen molar-refractivity contribution in [3.8, 4) is 0 Å². The van der Waals surface area contributed by atoms with Crippen molar-refractivity contribution < 1.29 is 11.0 Å². The first kappa shape index (κ1) is 24.6. The van der Waals surface area contributed by atoms with Crippen LogP contribution in [0.2, 0.25) is 0 Å². The number of ketones is 2. The summed E-state index contributed by atoms with van der Waals surface area (Å²) in [4.78, 5) is 22.6. The van der Waals surface area contributed by atoms with Crippen LogP contribution >= 0.6 is 0 Å². The lowest BCUT2D eigenvalue weighted by Crippen LogP contribution is -2.03. The third-order valence-electron chi connectivity index (χ3n) is 4.20. The fraction of sp³-hybridized carbons (Fsp3) is 0.905. The Kier molecular flexibility index (Phi) is 20.7. The highest BCUT2D eigenvalue weighted by molar-refractivity contribution is 5.78. The van der Waals surface area contributed by atoms with Crippen LogP contribution in [0.15, 0.2) is 0 Å². The van der Waals surface area contributed by atoms with Crippen molar-refractivity contribution in [3.05, 3.63) is 0 Å². The molecule has 140 valence electrons. The number of hydrogen-bond donors (Lipinski definition) is 0. The Bertz CT molecular complexity index is 277. The highest BCUT2D eigenvalue weighted by atomic mass is 16.1. The Labute approximate surface area is 147 Å². The van der Waals surface area contributed by atoms with Crippen LogP contribution in [0.5, 0.6) is 0 Å². The molecule has 0 spiro atoms. The first-order valence-electron chi connectivity index (χ1n) is 10.1. The van der Waals surface area contributed by atoms with E-state index in [-0.39, 0.29) is 1.43 Å². The van der Waals surface area contributed by atoms with Gasteiger partial charge in [0.2, 0.25) is 0 Å². The summed E-state index contributed by atoms with van der Waals surface area (Å²) >= 11 is 0. The lowest BCUT2D eigenvalue weighted by molar-refractivity contribution is -0.119. The predicted molar refractivity (Wildman–Crippen MR) is 104 cm³/mol. The summed E-state index contributed by atoms with van der Waals surface area (Å²) in [7, 11) is 0. The zero-order valence-electron chi connectivity index (χ0n) is 16.6. The molecule has 0 aromatic heterocycles. The molecule has 0 aliphatic carbocycles. The predicted octanol–water partition coefficient (Wildman–Crippen LogP) is 7.14. The van der Waals surface area contributed by atoms with Gasteiger partial charge in [-0.2, -0.15) is 0 Å². The van der Waals surface area contributed by atoms with Gasteiger partial charge in [-0.25, -0.2) is 0 Å². The van der Waals surface area contributed by atoms with E-state index in [0.29, 0.717) is 17.5 Å². The fourth-order valence-electron chi connectivity index (χ4n) is 2.65. The highest BCUT2D eigenvalue weighted by Crippen LogP contribution is 2.17. The van der Waals surface area contributed by atoms with E-state index >= 15 is 0 Å². The third kappa shape index (κ3) is 21.3. The van der Waals surface area contributed by atoms with Gasteiger partial charge < -0.3 is 4.79 Å². The summed E-state index contributed by atoms with van der Waals surface area (Å²) in [5, 5.41) is 0. The minimum absolute atomic E-state index is 0. The van der Waals surface area contributed by atoms with E-state index in [1.807, 2.05) is 13.8 Å².